The number of esters is 1. The standard InChI is InChI=1S/C12H20N4O3/c1-5-8-14-10(12(18)19-4)11(13)16(8)7-6-9(17)15(2)3/h5-7,13H2,1-4H3. The van der Waals surface area contributed by atoms with Crippen LogP contribution in [0.15, 0.2) is 0 Å². The van der Waals surface area contributed by atoms with E-state index in [1.54, 1.807) is 18.7 Å². The van der Waals surface area contributed by atoms with Gasteiger partial charge in [-0.05, 0) is 0 Å². The molecule has 0 saturated heterocycles. The van der Waals surface area contributed by atoms with Gasteiger partial charge in [0, 0.05) is 33.5 Å². The molecule has 1 heterocycles. The first kappa shape index (κ1) is 15.0. The summed E-state index contributed by atoms with van der Waals surface area (Å²) in [5.41, 5.74) is 6.00. The zero-order valence-corrected chi connectivity index (χ0v) is 11.8. The number of aromatic nitrogens is 2. The molecule has 7 nitrogen and oxygen atoms in total. The van der Waals surface area contributed by atoms with Crippen molar-refractivity contribution in [1.29, 1.82) is 0 Å². The highest BCUT2D eigenvalue weighted by Gasteiger charge is 2.20. The zero-order chi connectivity index (χ0) is 14.6. The molecule has 0 spiro atoms. The van der Waals surface area contributed by atoms with Crippen molar-refractivity contribution < 1.29 is 14.3 Å². The van der Waals surface area contributed by atoms with Crippen LogP contribution in [-0.4, -0.2) is 47.5 Å². The molecule has 0 aliphatic rings. The lowest BCUT2D eigenvalue weighted by Crippen LogP contribution is -2.23. The summed E-state index contributed by atoms with van der Waals surface area (Å²) in [5.74, 6) is 0.347. The number of nitrogens with zero attached hydrogens (tertiary/aromatic N) is 3. The number of hydrogen-bond acceptors (Lipinski definition) is 5. The lowest BCUT2D eigenvalue weighted by atomic mass is 10.3. The van der Waals surface area contributed by atoms with Crippen LogP contribution in [0.1, 0.15) is 29.7 Å². The van der Waals surface area contributed by atoms with E-state index in [4.69, 9.17) is 5.73 Å². The second-order valence-corrected chi connectivity index (χ2v) is 4.30. The minimum Gasteiger partial charge on any atom is -0.464 e. The molecule has 1 aromatic rings. The summed E-state index contributed by atoms with van der Waals surface area (Å²) in [6.07, 6.45) is 0.929. The Hall–Kier alpha value is -2.05. The van der Waals surface area contributed by atoms with Crippen molar-refractivity contribution in [2.75, 3.05) is 26.9 Å². The third kappa shape index (κ3) is 3.24. The van der Waals surface area contributed by atoms with E-state index >= 15 is 0 Å². The summed E-state index contributed by atoms with van der Waals surface area (Å²) in [7, 11) is 4.67. The van der Waals surface area contributed by atoms with Gasteiger partial charge in [-0.2, -0.15) is 0 Å². The maximum absolute atomic E-state index is 11.6. The van der Waals surface area contributed by atoms with Crippen molar-refractivity contribution in [2.45, 2.75) is 26.3 Å². The Morgan fingerprint density at radius 1 is 1.42 bits per heavy atom. The number of rotatable bonds is 5. The minimum atomic E-state index is -0.565. The molecule has 0 radical (unpaired) electrons. The van der Waals surface area contributed by atoms with Gasteiger partial charge in [-0.3, -0.25) is 4.79 Å². The number of ether oxygens (including phenoxy) is 1. The molecule has 0 fully saturated rings. The number of methoxy groups -OCH3 is 1. The molecule has 2 N–H and O–H groups in total. The third-order valence-corrected chi connectivity index (χ3v) is 2.83. The average molecular weight is 268 g/mol. The first-order chi connectivity index (χ1) is 8.92. The summed E-state index contributed by atoms with van der Waals surface area (Å²) in [4.78, 5) is 28.8. The summed E-state index contributed by atoms with van der Waals surface area (Å²) in [6, 6.07) is 0. The summed E-state index contributed by atoms with van der Waals surface area (Å²) >= 11 is 0. The molecule has 19 heavy (non-hydrogen) atoms. The van der Waals surface area contributed by atoms with Crippen LogP contribution in [0.2, 0.25) is 0 Å². The predicted molar refractivity (Wildman–Crippen MR) is 70.7 cm³/mol. The van der Waals surface area contributed by atoms with Gasteiger partial charge in [0.1, 0.15) is 11.6 Å². The quantitative estimate of drug-likeness (QED) is 0.775. The van der Waals surface area contributed by atoms with Gasteiger partial charge in [0.15, 0.2) is 5.69 Å². The summed E-state index contributed by atoms with van der Waals surface area (Å²) in [6.45, 7) is 2.31. The zero-order valence-electron chi connectivity index (χ0n) is 11.8. The van der Waals surface area contributed by atoms with Gasteiger partial charge in [-0.1, -0.05) is 6.92 Å². The Bertz CT molecular complexity index is 480. The molecule has 0 atom stereocenters. The molecule has 0 aromatic carbocycles. The topological polar surface area (TPSA) is 90.4 Å². The fraction of sp³-hybridized carbons (Fsp3) is 0.583. The number of amides is 1. The molecule has 0 bridgehead atoms. The van der Waals surface area contributed by atoms with Crippen molar-refractivity contribution in [2.24, 2.45) is 0 Å². The van der Waals surface area contributed by atoms with E-state index in [1.807, 2.05) is 6.92 Å². The average Bonchev–Trinajstić information content (AvgIpc) is 2.71. The maximum atomic E-state index is 11.6. The summed E-state index contributed by atoms with van der Waals surface area (Å²) in [5, 5.41) is 0. The molecule has 7 heteroatoms. The van der Waals surface area contributed by atoms with Crippen LogP contribution in [0.5, 0.6) is 0 Å². The van der Waals surface area contributed by atoms with Gasteiger partial charge in [-0.15, -0.1) is 0 Å². The van der Waals surface area contributed by atoms with E-state index in [-0.39, 0.29) is 17.4 Å². The lowest BCUT2D eigenvalue weighted by Gasteiger charge is -2.12. The molecule has 0 aliphatic heterocycles. The van der Waals surface area contributed by atoms with Gasteiger partial charge in [0.25, 0.3) is 0 Å². The highest BCUT2D eigenvalue weighted by Crippen LogP contribution is 2.17. The number of nitrogen functional groups attached to an aromatic ring is 1. The van der Waals surface area contributed by atoms with Gasteiger partial charge in [0.2, 0.25) is 5.91 Å². The second-order valence-electron chi connectivity index (χ2n) is 4.30. The number of carbonyl (C=O) groups excluding carboxylic acids is 2. The van der Waals surface area contributed by atoms with E-state index < -0.39 is 5.97 Å². The number of nitrogens with two attached hydrogens (primary N) is 1. The van der Waals surface area contributed by atoms with Crippen LogP contribution in [0, 0.1) is 0 Å². The van der Waals surface area contributed by atoms with E-state index in [1.165, 1.54) is 12.0 Å². The molecular formula is C12H20N4O3. The lowest BCUT2D eigenvalue weighted by molar-refractivity contribution is -0.128. The van der Waals surface area contributed by atoms with Crippen molar-refractivity contribution in [3.8, 4) is 0 Å². The number of aryl methyl sites for hydroxylation is 1. The van der Waals surface area contributed by atoms with Crippen LogP contribution in [0.4, 0.5) is 5.82 Å². The van der Waals surface area contributed by atoms with E-state index in [2.05, 4.69) is 9.72 Å². The SMILES string of the molecule is CCc1nc(C(=O)OC)c(N)n1CCC(=O)N(C)C. The first-order valence-corrected chi connectivity index (χ1v) is 6.05. The van der Waals surface area contributed by atoms with Crippen molar-refractivity contribution >= 4 is 17.7 Å². The Labute approximate surface area is 112 Å². The fourth-order valence-electron chi connectivity index (χ4n) is 1.71. The maximum Gasteiger partial charge on any atom is 0.360 e. The highest BCUT2D eigenvalue weighted by molar-refractivity contribution is 5.92. The number of hydrogen-bond donors (Lipinski definition) is 1. The molecule has 106 valence electrons. The third-order valence-electron chi connectivity index (χ3n) is 2.83. The Morgan fingerprint density at radius 2 is 2.05 bits per heavy atom. The van der Waals surface area contributed by atoms with E-state index in [0.29, 0.717) is 25.2 Å². The molecule has 0 unspecified atom stereocenters. The molecular weight excluding hydrogens is 248 g/mol. The van der Waals surface area contributed by atoms with Crippen molar-refractivity contribution in [3.05, 3.63) is 11.5 Å². The molecule has 1 aromatic heterocycles. The van der Waals surface area contributed by atoms with Gasteiger partial charge in [-0.25, -0.2) is 9.78 Å². The Kier molecular flexibility index (Phi) is 4.91. The van der Waals surface area contributed by atoms with Gasteiger partial charge in [0.05, 0.1) is 7.11 Å². The van der Waals surface area contributed by atoms with Crippen LogP contribution >= 0.6 is 0 Å². The number of anilines is 1. The first-order valence-electron chi connectivity index (χ1n) is 6.05. The van der Waals surface area contributed by atoms with Crippen molar-refractivity contribution in [3.63, 3.8) is 0 Å². The smallest absolute Gasteiger partial charge is 0.360 e. The van der Waals surface area contributed by atoms with Gasteiger partial charge >= 0.3 is 5.97 Å². The normalized spacial score (nSPS) is 10.3. The summed E-state index contributed by atoms with van der Waals surface area (Å²) < 4.78 is 6.31. The van der Waals surface area contributed by atoms with Crippen LogP contribution in [-0.2, 0) is 22.5 Å². The monoisotopic (exact) mass is 268 g/mol. The van der Waals surface area contributed by atoms with E-state index in [9.17, 15) is 9.59 Å². The Balaban J connectivity index is 2.96. The largest absolute Gasteiger partial charge is 0.464 e. The second kappa shape index (κ2) is 6.21. The molecule has 0 saturated carbocycles. The van der Waals surface area contributed by atoms with Crippen molar-refractivity contribution in [1.82, 2.24) is 14.5 Å². The Morgan fingerprint density at radius 3 is 2.53 bits per heavy atom. The number of imidazole rings is 1. The highest BCUT2D eigenvalue weighted by atomic mass is 16.5. The fourth-order valence-corrected chi connectivity index (χ4v) is 1.71. The van der Waals surface area contributed by atoms with Gasteiger partial charge < -0.3 is 19.9 Å². The van der Waals surface area contributed by atoms with Crippen LogP contribution in [0.3, 0.4) is 0 Å². The van der Waals surface area contributed by atoms with Crippen LogP contribution in [0.25, 0.3) is 0 Å². The molecule has 1 amide bonds. The minimum absolute atomic E-state index is 0.00484. The number of carbonyl (C=O) groups is 2. The predicted octanol–water partition coefficient (Wildman–Crippen LogP) is 0.293. The van der Waals surface area contributed by atoms with Crippen LogP contribution < -0.4 is 5.73 Å². The van der Waals surface area contributed by atoms with E-state index in [0.717, 1.165) is 0 Å². The molecule has 0 aliphatic carbocycles. The molecule has 1 rings (SSSR count).